The molecular formula is C15H24N2O2. The van der Waals surface area contributed by atoms with E-state index in [-0.39, 0.29) is 12.5 Å². The van der Waals surface area contributed by atoms with Gasteiger partial charge in [-0.3, -0.25) is 9.69 Å². The lowest BCUT2D eigenvalue weighted by Gasteiger charge is -2.24. The number of carbonyl (C=O) groups is 1. The number of aryl methyl sites for hydroxylation is 1. The third-order valence-corrected chi connectivity index (χ3v) is 2.68. The lowest BCUT2D eigenvalue weighted by atomic mass is 10.1. The number of hydrogen-bond acceptors (Lipinski definition) is 3. The van der Waals surface area contributed by atoms with Crippen molar-refractivity contribution in [2.75, 3.05) is 20.1 Å². The molecule has 4 heteroatoms. The predicted octanol–water partition coefficient (Wildman–Crippen LogP) is 1.31. The number of likely N-dealkylation sites (N-methyl/N-ethyl adjacent to an activating group) is 1. The van der Waals surface area contributed by atoms with Crippen LogP contribution in [0.4, 0.5) is 0 Å². The zero-order valence-electron chi connectivity index (χ0n) is 12.2. The van der Waals surface area contributed by atoms with Crippen LogP contribution < -0.4 is 5.32 Å². The van der Waals surface area contributed by atoms with E-state index in [1.807, 2.05) is 43.1 Å². The van der Waals surface area contributed by atoms with Crippen LogP contribution in [0.2, 0.25) is 0 Å². The molecule has 1 aromatic rings. The minimum Gasteiger partial charge on any atom is -0.389 e. The maximum absolute atomic E-state index is 11.7. The fraction of sp³-hybridized carbons (Fsp3) is 0.533. The largest absolute Gasteiger partial charge is 0.389 e. The summed E-state index contributed by atoms with van der Waals surface area (Å²) in [4.78, 5) is 13.6. The Balaban J connectivity index is 2.33. The van der Waals surface area contributed by atoms with E-state index in [2.05, 4.69) is 5.32 Å². The Kier molecular flexibility index (Phi) is 5.51. The quantitative estimate of drug-likeness (QED) is 0.814. The molecule has 0 fully saturated rings. The van der Waals surface area contributed by atoms with Gasteiger partial charge in [0.25, 0.3) is 0 Å². The third-order valence-electron chi connectivity index (χ3n) is 2.68. The topological polar surface area (TPSA) is 52.6 Å². The number of aliphatic hydroxyl groups is 1. The molecule has 106 valence electrons. The highest BCUT2D eigenvalue weighted by atomic mass is 16.3. The standard InChI is InChI=1S/C15H24N2O2/c1-12-5-7-13(8-6-12)9-16-14(18)10-17(4)11-15(2,3)19/h5-8,19H,9-11H2,1-4H3,(H,16,18). The maximum atomic E-state index is 11.7. The highest BCUT2D eigenvalue weighted by Crippen LogP contribution is 2.04. The molecule has 2 N–H and O–H groups in total. The summed E-state index contributed by atoms with van der Waals surface area (Å²) in [6, 6.07) is 8.08. The van der Waals surface area contributed by atoms with Crippen LogP contribution in [0, 0.1) is 6.92 Å². The van der Waals surface area contributed by atoms with Crippen LogP contribution in [0.5, 0.6) is 0 Å². The molecule has 19 heavy (non-hydrogen) atoms. The number of nitrogens with one attached hydrogen (secondary N) is 1. The van der Waals surface area contributed by atoms with E-state index in [4.69, 9.17) is 0 Å². The van der Waals surface area contributed by atoms with Crippen LogP contribution in [-0.4, -0.2) is 41.7 Å². The molecule has 4 nitrogen and oxygen atoms in total. The second-order valence-electron chi connectivity index (χ2n) is 5.75. The summed E-state index contributed by atoms with van der Waals surface area (Å²) in [5.41, 5.74) is 1.51. The van der Waals surface area contributed by atoms with Crippen molar-refractivity contribution < 1.29 is 9.90 Å². The Bertz CT molecular complexity index is 407. The van der Waals surface area contributed by atoms with Gasteiger partial charge < -0.3 is 10.4 Å². The van der Waals surface area contributed by atoms with Crippen molar-refractivity contribution in [2.24, 2.45) is 0 Å². The van der Waals surface area contributed by atoms with Crippen molar-refractivity contribution in [3.63, 3.8) is 0 Å². The molecule has 0 bridgehead atoms. The van der Waals surface area contributed by atoms with Crippen LogP contribution in [0.1, 0.15) is 25.0 Å². The van der Waals surface area contributed by atoms with Crippen molar-refractivity contribution in [1.29, 1.82) is 0 Å². The van der Waals surface area contributed by atoms with Gasteiger partial charge in [-0.25, -0.2) is 0 Å². The van der Waals surface area contributed by atoms with Gasteiger partial charge in [-0.1, -0.05) is 29.8 Å². The van der Waals surface area contributed by atoms with Gasteiger partial charge in [0.15, 0.2) is 0 Å². The number of hydrogen-bond donors (Lipinski definition) is 2. The maximum Gasteiger partial charge on any atom is 0.234 e. The number of amides is 1. The lowest BCUT2D eigenvalue weighted by molar-refractivity contribution is -0.122. The van der Waals surface area contributed by atoms with Gasteiger partial charge in [0.05, 0.1) is 12.1 Å². The van der Waals surface area contributed by atoms with Crippen LogP contribution in [-0.2, 0) is 11.3 Å². The highest BCUT2D eigenvalue weighted by molar-refractivity contribution is 5.77. The van der Waals surface area contributed by atoms with E-state index in [1.54, 1.807) is 13.8 Å². The molecule has 0 aliphatic heterocycles. The SMILES string of the molecule is Cc1ccc(CNC(=O)CN(C)CC(C)(C)O)cc1. The fourth-order valence-electron chi connectivity index (χ4n) is 1.92. The van der Waals surface area contributed by atoms with Crippen molar-refractivity contribution in [1.82, 2.24) is 10.2 Å². The Hall–Kier alpha value is -1.39. The van der Waals surface area contributed by atoms with E-state index < -0.39 is 5.60 Å². The molecule has 0 spiro atoms. The normalized spacial score (nSPS) is 11.7. The molecule has 1 aromatic carbocycles. The molecule has 0 atom stereocenters. The van der Waals surface area contributed by atoms with E-state index in [1.165, 1.54) is 5.56 Å². The lowest BCUT2D eigenvalue weighted by Crippen LogP contribution is -2.41. The molecule has 0 radical (unpaired) electrons. The van der Waals surface area contributed by atoms with Gasteiger partial charge in [-0.15, -0.1) is 0 Å². The minimum absolute atomic E-state index is 0.0349. The van der Waals surface area contributed by atoms with Crippen molar-refractivity contribution in [3.8, 4) is 0 Å². The third kappa shape index (κ3) is 6.94. The summed E-state index contributed by atoms with van der Waals surface area (Å²) in [7, 11) is 1.82. The zero-order chi connectivity index (χ0) is 14.5. The number of benzene rings is 1. The molecular weight excluding hydrogens is 240 g/mol. The Morgan fingerprint density at radius 2 is 1.89 bits per heavy atom. The molecule has 0 aliphatic rings. The van der Waals surface area contributed by atoms with Crippen LogP contribution in [0.3, 0.4) is 0 Å². The van der Waals surface area contributed by atoms with Crippen LogP contribution in [0.15, 0.2) is 24.3 Å². The molecule has 0 saturated carbocycles. The van der Waals surface area contributed by atoms with E-state index >= 15 is 0 Å². The van der Waals surface area contributed by atoms with Crippen LogP contribution in [0.25, 0.3) is 0 Å². The monoisotopic (exact) mass is 264 g/mol. The van der Waals surface area contributed by atoms with Gasteiger partial charge in [0.2, 0.25) is 5.91 Å². The first kappa shape index (κ1) is 15.7. The average Bonchev–Trinajstić information content (AvgIpc) is 2.25. The summed E-state index contributed by atoms with van der Waals surface area (Å²) in [6.45, 7) is 6.78. The summed E-state index contributed by atoms with van der Waals surface area (Å²) in [5.74, 6) is -0.0349. The summed E-state index contributed by atoms with van der Waals surface area (Å²) >= 11 is 0. The van der Waals surface area contributed by atoms with Crippen LogP contribution >= 0.6 is 0 Å². The predicted molar refractivity (Wildman–Crippen MR) is 76.8 cm³/mol. The Labute approximate surface area is 115 Å². The van der Waals surface area contributed by atoms with Gasteiger partial charge in [-0.05, 0) is 33.4 Å². The molecule has 1 rings (SSSR count). The summed E-state index contributed by atoms with van der Waals surface area (Å²) in [5, 5.41) is 12.5. The van der Waals surface area contributed by atoms with Gasteiger partial charge in [0.1, 0.15) is 0 Å². The summed E-state index contributed by atoms with van der Waals surface area (Å²) in [6.07, 6.45) is 0. The Morgan fingerprint density at radius 3 is 2.42 bits per heavy atom. The molecule has 0 aromatic heterocycles. The van der Waals surface area contributed by atoms with Gasteiger partial charge in [-0.2, -0.15) is 0 Å². The smallest absolute Gasteiger partial charge is 0.234 e. The molecule has 0 unspecified atom stereocenters. The molecule has 1 amide bonds. The first-order chi connectivity index (χ1) is 8.76. The molecule has 0 saturated heterocycles. The zero-order valence-corrected chi connectivity index (χ0v) is 12.2. The van der Waals surface area contributed by atoms with Crippen molar-refractivity contribution in [3.05, 3.63) is 35.4 Å². The fourth-order valence-corrected chi connectivity index (χ4v) is 1.92. The number of rotatable bonds is 6. The average molecular weight is 264 g/mol. The number of carbonyl (C=O) groups excluding carboxylic acids is 1. The van der Waals surface area contributed by atoms with Crippen molar-refractivity contribution >= 4 is 5.91 Å². The first-order valence-electron chi connectivity index (χ1n) is 6.49. The summed E-state index contributed by atoms with van der Waals surface area (Å²) < 4.78 is 0. The van der Waals surface area contributed by atoms with E-state index in [9.17, 15) is 9.90 Å². The molecule has 0 aliphatic carbocycles. The first-order valence-corrected chi connectivity index (χ1v) is 6.49. The molecule has 0 heterocycles. The highest BCUT2D eigenvalue weighted by Gasteiger charge is 2.17. The number of nitrogens with zero attached hydrogens (tertiary/aromatic N) is 1. The van der Waals surface area contributed by atoms with Gasteiger partial charge >= 0.3 is 0 Å². The second kappa shape index (κ2) is 6.68. The van der Waals surface area contributed by atoms with E-state index in [0.717, 1.165) is 5.56 Å². The minimum atomic E-state index is -0.786. The van der Waals surface area contributed by atoms with E-state index in [0.29, 0.717) is 13.1 Å². The van der Waals surface area contributed by atoms with Gasteiger partial charge in [0, 0.05) is 13.1 Å². The Morgan fingerprint density at radius 1 is 1.32 bits per heavy atom. The second-order valence-corrected chi connectivity index (χ2v) is 5.75. The van der Waals surface area contributed by atoms with Crippen molar-refractivity contribution in [2.45, 2.75) is 32.9 Å².